The van der Waals surface area contributed by atoms with Crippen LogP contribution in [0.1, 0.15) is 36.0 Å². The normalized spacial score (nSPS) is 20.1. The van der Waals surface area contributed by atoms with Crippen molar-refractivity contribution in [2.75, 3.05) is 31.6 Å². The van der Waals surface area contributed by atoms with Crippen LogP contribution in [0, 0.1) is 17.6 Å². The topological polar surface area (TPSA) is 83.6 Å². The molecule has 0 saturated carbocycles. The molecule has 2 aromatic rings. The van der Waals surface area contributed by atoms with Gasteiger partial charge in [-0.25, -0.2) is 13.6 Å². The van der Waals surface area contributed by atoms with Crippen LogP contribution in [0.3, 0.4) is 0 Å². The second kappa shape index (κ2) is 9.60. The molecule has 0 aliphatic carbocycles. The fraction of sp³-hybridized carbons (Fsp3) is 0.435. The molecule has 1 aromatic heterocycles. The van der Waals surface area contributed by atoms with E-state index in [-0.39, 0.29) is 23.1 Å². The van der Waals surface area contributed by atoms with Crippen molar-refractivity contribution in [1.82, 2.24) is 15.2 Å². The maximum atomic E-state index is 13.8. The number of nitrogens with one attached hydrogen (secondary N) is 2. The van der Waals surface area contributed by atoms with Crippen LogP contribution in [0.2, 0.25) is 0 Å². The molecule has 1 unspecified atom stereocenters. The number of rotatable bonds is 4. The number of hydrogen-bond acceptors (Lipinski definition) is 4. The third-order valence-corrected chi connectivity index (χ3v) is 6.20. The van der Waals surface area contributed by atoms with Crippen LogP contribution in [-0.4, -0.2) is 53.7 Å². The monoisotopic (exact) mass is 444 g/mol. The van der Waals surface area contributed by atoms with Crippen LogP contribution in [-0.2, 0) is 4.74 Å². The van der Waals surface area contributed by atoms with E-state index in [0.717, 1.165) is 31.0 Å². The molecule has 2 saturated heterocycles. The molecule has 0 bridgehead atoms. The smallest absolute Gasteiger partial charge is 0.321 e. The Morgan fingerprint density at radius 2 is 2.03 bits per heavy atom. The van der Waals surface area contributed by atoms with Crippen LogP contribution in [0.15, 0.2) is 42.7 Å². The van der Waals surface area contributed by atoms with Gasteiger partial charge in [-0.15, -0.1) is 0 Å². The molecule has 2 N–H and O–H groups in total. The van der Waals surface area contributed by atoms with Gasteiger partial charge in [0.05, 0.1) is 16.9 Å². The quantitative estimate of drug-likeness (QED) is 0.755. The summed E-state index contributed by atoms with van der Waals surface area (Å²) in [5.74, 6) is -1.16. The zero-order valence-electron chi connectivity index (χ0n) is 17.7. The van der Waals surface area contributed by atoms with Gasteiger partial charge in [0.25, 0.3) is 5.91 Å². The molecule has 7 nitrogen and oxygen atoms in total. The van der Waals surface area contributed by atoms with Crippen molar-refractivity contribution in [2.45, 2.75) is 31.3 Å². The first kappa shape index (κ1) is 22.1. The summed E-state index contributed by atoms with van der Waals surface area (Å²) < 4.78 is 33.3. The number of amides is 3. The Labute approximate surface area is 185 Å². The molecule has 1 spiro atoms. The largest absolute Gasteiger partial charge is 0.375 e. The summed E-state index contributed by atoms with van der Waals surface area (Å²) in [7, 11) is 0. The summed E-state index contributed by atoms with van der Waals surface area (Å²) in [6.07, 6.45) is 6.13. The van der Waals surface area contributed by atoms with Gasteiger partial charge in [-0.2, -0.15) is 0 Å². The number of ether oxygens (including phenoxy) is 1. The van der Waals surface area contributed by atoms with Crippen molar-refractivity contribution in [3.63, 3.8) is 0 Å². The Balaban J connectivity index is 1.28. The molecular formula is C23H26F2N4O3. The van der Waals surface area contributed by atoms with E-state index in [1.807, 2.05) is 0 Å². The number of nitrogens with zero attached hydrogens (tertiary/aromatic N) is 2. The minimum atomic E-state index is -0.681. The highest BCUT2D eigenvalue weighted by Gasteiger charge is 2.41. The molecule has 3 heterocycles. The summed E-state index contributed by atoms with van der Waals surface area (Å²) in [6.45, 7) is 2.07. The third-order valence-electron chi connectivity index (χ3n) is 6.20. The highest BCUT2D eigenvalue weighted by molar-refractivity contribution is 5.93. The first-order chi connectivity index (χ1) is 15.4. The SMILES string of the molecule is O=C(NCC1CCOC2(CCN(C(=O)Nc3cc(F)ccc3F)CC2)C1)c1cccnc1. The molecule has 32 heavy (non-hydrogen) atoms. The predicted octanol–water partition coefficient (Wildman–Crippen LogP) is 3.58. The van der Waals surface area contributed by atoms with E-state index in [2.05, 4.69) is 15.6 Å². The van der Waals surface area contributed by atoms with Crippen molar-refractivity contribution in [3.05, 3.63) is 59.9 Å². The number of piperidine rings is 1. The lowest BCUT2D eigenvalue weighted by molar-refractivity contribution is -0.122. The van der Waals surface area contributed by atoms with Crippen LogP contribution < -0.4 is 10.6 Å². The lowest BCUT2D eigenvalue weighted by Crippen LogP contribution is -2.52. The fourth-order valence-corrected chi connectivity index (χ4v) is 4.39. The van der Waals surface area contributed by atoms with E-state index in [9.17, 15) is 18.4 Å². The van der Waals surface area contributed by atoms with Crippen LogP contribution in [0.4, 0.5) is 19.3 Å². The van der Waals surface area contributed by atoms with Gasteiger partial charge in [-0.1, -0.05) is 0 Å². The fourth-order valence-electron chi connectivity index (χ4n) is 4.39. The Morgan fingerprint density at radius 1 is 1.22 bits per heavy atom. The molecule has 2 fully saturated rings. The highest BCUT2D eigenvalue weighted by atomic mass is 19.1. The average molecular weight is 444 g/mol. The lowest BCUT2D eigenvalue weighted by Gasteiger charge is -2.46. The molecule has 0 radical (unpaired) electrons. The van der Waals surface area contributed by atoms with Gasteiger partial charge >= 0.3 is 6.03 Å². The zero-order valence-corrected chi connectivity index (χ0v) is 17.7. The number of urea groups is 1. The number of pyridine rings is 1. The van der Waals surface area contributed by atoms with Gasteiger partial charge in [0.2, 0.25) is 0 Å². The van der Waals surface area contributed by atoms with Gasteiger partial charge in [0, 0.05) is 44.7 Å². The molecular weight excluding hydrogens is 418 g/mol. The van der Waals surface area contributed by atoms with Gasteiger partial charge in [-0.05, 0) is 55.9 Å². The molecule has 170 valence electrons. The van der Waals surface area contributed by atoms with Crippen LogP contribution in [0.5, 0.6) is 0 Å². The van der Waals surface area contributed by atoms with Gasteiger partial charge in [0.15, 0.2) is 0 Å². The second-order valence-electron chi connectivity index (χ2n) is 8.38. The maximum Gasteiger partial charge on any atom is 0.321 e. The third kappa shape index (κ3) is 5.21. The summed E-state index contributed by atoms with van der Waals surface area (Å²) >= 11 is 0. The Bertz CT molecular complexity index is 965. The lowest BCUT2D eigenvalue weighted by atomic mass is 9.79. The van der Waals surface area contributed by atoms with Crippen molar-refractivity contribution in [3.8, 4) is 0 Å². The summed E-state index contributed by atoms with van der Waals surface area (Å²) in [5.41, 5.74) is 0.0278. The van der Waals surface area contributed by atoms with E-state index in [1.165, 1.54) is 6.20 Å². The van der Waals surface area contributed by atoms with E-state index in [4.69, 9.17) is 4.74 Å². The molecule has 9 heteroatoms. The first-order valence-corrected chi connectivity index (χ1v) is 10.8. The average Bonchev–Trinajstić information content (AvgIpc) is 2.81. The number of benzene rings is 1. The van der Waals surface area contributed by atoms with E-state index >= 15 is 0 Å². The van der Waals surface area contributed by atoms with Gasteiger partial charge < -0.3 is 20.3 Å². The summed E-state index contributed by atoms with van der Waals surface area (Å²) in [5, 5.41) is 5.43. The Morgan fingerprint density at radius 3 is 2.78 bits per heavy atom. The first-order valence-electron chi connectivity index (χ1n) is 10.8. The number of carbonyl (C=O) groups is 2. The molecule has 1 atom stereocenters. The standard InChI is InChI=1S/C23H26F2N4O3/c24-18-3-4-19(25)20(12-18)28-22(31)29-9-6-23(7-10-29)13-16(5-11-32-23)14-27-21(30)17-2-1-8-26-15-17/h1-4,8,12,15-16H,5-7,9-11,13-14H2,(H,27,30)(H,28,31). The maximum absolute atomic E-state index is 13.8. The molecule has 4 rings (SSSR count). The van der Waals surface area contributed by atoms with Crippen molar-refractivity contribution >= 4 is 17.6 Å². The minimum Gasteiger partial charge on any atom is -0.375 e. The number of likely N-dealkylation sites (tertiary alicyclic amines) is 1. The number of hydrogen-bond donors (Lipinski definition) is 2. The summed E-state index contributed by atoms with van der Waals surface area (Å²) in [6, 6.07) is 5.95. The molecule has 2 aliphatic heterocycles. The number of halogens is 2. The van der Waals surface area contributed by atoms with Gasteiger partial charge in [0.1, 0.15) is 11.6 Å². The van der Waals surface area contributed by atoms with E-state index < -0.39 is 17.7 Å². The van der Waals surface area contributed by atoms with Gasteiger partial charge in [-0.3, -0.25) is 9.78 Å². The van der Waals surface area contributed by atoms with Crippen LogP contribution in [0.25, 0.3) is 0 Å². The number of aromatic nitrogens is 1. The van der Waals surface area contributed by atoms with E-state index in [0.29, 0.717) is 44.6 Å². The Kier molecular flexibility index (Phi) is 6.64. The van der Waals surface area contributed by atoms with Crippen molar-refractivity contribution in [1.29, 1.82) is 0 Å². The summed E-state index contributed by atoms with van der Waals surface area (Å²) in [4.78, 5) is 30.4. The zero-order chi connectivity index (χ0) is 22.6. The predicted molar refractivity (Wildman–Crippen MR) is 114 cm³/mol. The second-order valence-corrected chi connectivity index (χ2v) is 8.38. The Hall–Kier alpha value is -3.07. The van der Waals surface area contributed by atoms with E-state index in [1.54, 1.807) is 23.2 Å². The highest BCUT2D eigenvalue weighted by Crippen LogP contribution is 2.37. The molecule has 3 amide bonds. The van der Waals surface area contributed by atoms with Crippen molar-refractivity contribution < 1.29 is 23.1 Å². The minimum absolute atomic E-state index is 0.144. The number of carbonyl (C=O) groups excluding carboxylic acids is 2. The molecule has 1 aromatic carbocycles. The van der Waals surface area contributed by atoms with Crippen molar-refractivity contribution in [2.24, 2.45) is 5.92 Å². The number of anilines is 1. The van der Waals surface area contributed by atoms with Crippen LogP contribution >= 0.6 is 0 Å². The molecule has 2 aliphatic rings.